The summed E-state index contributed by atoms with van der Waals surface area (Å²) in [6.45, 7) is 3.57. The third kappa shape index (κ3) is 3.71. The van der Waals surface area contributed by atoms with Crippen LogP contribution in [0.4, 0.5) is 0 Å². The van der Waals surface area contributed by atoms with E-state index >= 15 is 0 Å². The molecule has 2 fully saturated rings. The molecule has 2 amide bonds. The molecule has 0 spiro atoms. The highest BCUT2D eigenvalue weighted by Crippen LogP contribution is 2.28. The van der Waals surface area contributed by atoms with Crippen molar-refractivity contribution in [3.8, 4) is 0 Å². The highest BCUT2D eigenvalue weighted by Gasteiger charge is 2.34. The Morgan fingerprint density at radius 1 is 1.11 bits per heavy atom. The zero-order valence-corrected chi connectivity index (χ0v) is 12.0. The van der Waals surface area contributed by atoms with Gasteiger partial charge < -0.3 is 10.2 Å². The summed E-state index contributed by atoms with van der Waals surface area (Å²) in [5.41, 5.74) is 0. The minimum atomic E-state index is -0.272. The van der Waals surface area contributed by atoms with E-state index in [0.717, 1.165) is 38.8 Å². The SMILES string of the molecule is CCC(=O)NC(C(=O)N1CCCC1)C1CCCCC1. The van der Waals surface area contributed by atoms with E-state index in [1.807, 2.05) is 11.8 Å². The highest BCUT2D eigenvalue weighted by molar-refractivity contribution is 5.88. The van der Waals surface area contributed by atoms with E-state index in [-0.39, 0.29) is 17.9 Å². The maximum atomic E-state index is 12.6. The molecule has 19 heavy (non-hydrogen) atoms. The molecule has 1 aliphatic heterocycles. The quantitative estimate of drug-likeness (QED) is 0.847. The number of amides is 2. The second-order valence-electron chi connectivity index (χ2n) is 5.83. The van der Waals surface area contributed by atoms with Crippen LogP contribution in [0.15, 0.2) is 0 Å². The summed E-state index contributed by atoms with van der Waals surface area (Å²) >= 11 is 0. The van der Waals surface area contributed by atoms with Crippen LogP contribution in [0.25, 0.3) is 0 Å². The van der Waals surface area contributed by atoms with Crippen LogP contribution in [0.5, 0.6) is 0 Å². The number of rotatable bonds is 4. The van der Waals surface area contributed by atoms with Crippen LogP contribution in [0.2, 0.25) is 0 Å². The van der Waals surface area contributed by atoms with Gasteiger partial charge in [-0.15, -0.1) is 0 Å². The summed E-state index contributed by atoms with van der Waals surface area (Å²) in [5, 5.41) is 2.98. The first kappa shape index (κ1) is 14.4. The van der Waals surface area contributed by atoms with Crippen LogP contribution in [0, 0.1) is 5.92 Å². The Kier molecular flexibility index (Phi) is 5.23. The lowest BCUT2D eigenvalue weighted by Gasteiger charge is -2.32. The van der Waals surface area contributed by atoms with Crippen molar-refractivity contribution in [3.05, 3.63) is 0 Å². The molecule has 0 radical (unpaired) electrons. The molecule has 1 unspecified atom stereocenters. The first-order valence-electron chi connectivity index (χ1n) is 7.80. The summed E-state index contributed by atoms with van der Waals surface area (Å²) in [6.07, 6.45) is 8.46. The average Bonchev–Trinajstić information content (AvgIpc) is 2.99. The summed E-state index contributed by atoms with van der Waals surface area (Å²) in [7, 11) is 0. The fourth-order valence-electron chi connectivity index (χ4n) is 3.26. The van der Waals surface area contributed by atoms with E-state index in [1.165, 1.54) is 19.3 Å². The molecule has 1 aliphatic carbocycles. The van der Waals surface area contributed by atoms with E-state index in [2.05, 4.69) is 5.32 Å². The van der Waals surface area contributed by atoms with Gasteiger partial charge in [0, 0.05) is 19.5 Å². The molecule has 1 saturated heterocycles. The third-order valence-electron chi connectivity index (χ3n) is 4.44. The van der Waals surface area contributed by atoms with Gasteiger partial charge in [-0.05, 0) is 31.6 Å². The van der Waals surface area contributed by atoms with Gasteiger partial charge in [-0.25, -0.2) is 0 Å². The van der Waals surface area contributed by atoms with Crippen molar-refractivity contribution in [2.75, 3.05) is 13.1 Å². The number of hydrogen-bond acceptors (Lipinski definition) is 2. The van der Waals surface area contributed by atoms with Crippen molar-refractivity contribution in [1.82, 2.24) is 10.2 Å². The van der Waals surface area contributed by atoms with E-state index in [4.69, 9.17) is 0 Å². The molecule has 1 atom stereocenters. The molecule has 0 aromatic heterocycles. The van der Waals surface area contributed by atoms with E-state index in [0.29, 0.717) is 12.3 Å². The maximum absolute atomic E-state index is 12.6. The van der Waals surface area contributed by atoms with Gasteiger partial charge in [0.15, 0.2) is 0 Å². The van der Waals surface area contributed by atoms with E-state index in [1.54, 1.807) is 0 Å². The van der Waals surface area contributed by atoms with Gasteiger partial charge in [-0.2, -0.15) is 0 Å². The number of hydrogen-bond donors (Lipinski definition) is 1. The predicted octanol–water partition coefficient (Wildman–Crippen LogP) is 2.08. The third-order valence-corrected chi connectivity index (χ3v) is 4.44. The molecule has 0 aromatic rings. The minimum absolute atomic E-state index is 0.00289. The smallest absolute Gasteiger partial charge is 0.245 e. The first-order chi connectivity index (χ1) is 9.22. The summed E-state index contributed by atoms with van der Waals surface area (Å²) in [5.74, 6) is 0.506. The largest absolute Gasteiger partial charge is 0.344 e. The topological polar surface area (TPSA) is 49.4 Å². The standard InChI is InChI=1S/C15H26N2O2/c1-2-13(18)16-14(12-8-4-3-5-9-12)15(19)17-10-6-7-11-17/h12,14H,2-11H2,1H3,(H,16,18). The molecule has 1 N–H and O–H groups in total. The number of nitrogens with one attached hydrogen (secondary N) is 1. The predicted molar refractivity (Wildman–Crippen MR) is 74.6 cm³/mol. The van der Waals surface area contributed by atoms with Crippen LogP contribution in [0.1, 0.15) is 58.3 Å². The molecule has 2 aliphatic rings. The van der Waals surface area contributed by atoms with Gasteiger partial charge in [0.1, 0.15) is 6.04 Å². The Balaban J connectivity index is 2.03. The Morgan fingerprint density at radius 3 is 2.32 bits per heavy atom. The molecule has 1 heterocycles. The molecule has 0 bridgehead atoms. The lowest BCUT2D eigenvalue weighted by atomic mass is 9.83. The van der Waals surface area contributed by atoms with Gasteiger partial charge in [0.05, 0.1) is 0 Å². The van der Waals surface area contributed by atoms with Crippen molar-refractivity contribution >= 4 is 11.8 Å². The number of likely N-dealkylation sites (tertiary alicyclic amines) is 1. The molecular formula is C15H26N2O2. The lowest BCUT2D eigenvalue weighted by molar-refractivity contribution is -0.137. The Bertz CT molecular complexity index is 318. The fourth-order valence-corrected chi connectivity index (χ4v) is 3.26. The van der Waals surface area contributed by atoms with E-state index < -0.39 is 0 Å². The molecular weight excluding hydrogens is 240 g/mol. The van der Waals surface area contributed by atoms with Gasteiger partial charge in [-0.1, -0.05) is 26.2 Å². The zero-order chi connectivity index (χ0) is 13.7. The molecule has 2 rings (SSSR count). The van der Waals surface area contributed by atoms with Crippen molar-refractivity contribution in [2.45, 2.75) is 64.3 Å². The summed E-state index contributed by atoms with van der Waals surface area (Å²) < 4.78 is 0. The maximum Gasteiger partial charge on any atom is 0.245 e. The molecule has 4 heteroatoms. The van der Waals surface area contributed by atoms with Crippen LogP contribution < -0.4 is 5.32 Å². The van der Waals surface area contributed by atoms with Crippen molar-refractivity contribution in [1.29, 1.82) is 0 Å². The van der Waals surface area contributed by atoms with Crippen LogP contribution in [0.3, 0.4) is 0 Å². The van der Waals surface area contributed by atoms with Gasteiger partial charge >= 0.3 is 0 Å². The van der Waals surface area contributed by atoms with Gasteiger partial charge in [0.25, 0.3) is 0 Å². The molecule has 0 aromatic carbocycles. The van der Waals surface area contributed by atoms with Gasteiger partial charge in [-0.3, -0.25) is 9.59 Å². The monoisotopic (exact) mass is 266 g/mol. The van der Waals surface area contributed by atoms with Crippen molar-refractivity contribution in [3.63, 3.8) is 0 Å². The summed E-state index contributed by atoms with van der Waals surface area (Å²) in [4.78, 5) is 26.2. The van der Waals surface area contributed by atoms with E-state index in [9.17, 15) is 9.59 Å². The number of carbonyl (C=O) groups excluding carboxylic acids is 2. The Hall–Kier alpha value is -1.06. The highest BCUT2D eigenvalue weighted by atomic mass is 16.2. The lowest BCUT2D eigenvalue weighted by Crippen LogP contribution is -2.52. The van der Waals surface area contributed by atoms with Crippen molar-refractivity contribution < 1.29 is 9.59 Å². The molecule has 1 saturated carbocycles. The minimum Gasteiger partial charge on any atom is -0.344 e. The number of carbonyl (C=O) groups is 2. The second kappa shape index (κ2) is 6.92. The van der Waals surface area contributed by atoms with Gasteiger partial charge in [0.2, 0.25) is 11.8 Å². The zero-order valence-electron chi connectivity index (χ0n) is 12.0. The first-order valence-corrected chi connectivity index (χ1v) is 7.80. The van der Waals surface area contributed by atoms with Crippen LogP contribution in [-0.2, 0) is 9.59 Å². The van der Waals surface area contributed by atoms with Crippen LogP contribution in [-0.4, -0.2) is 35.8 Å². The van der Waals surface area contributed by atoms with Crippen LogP contribution >= 0.6 is 0 Å². The normalized spacial score (nSPS) is 22.3. The fraction of sp³-hybridized carbons (Fsp3) is 0.867. The number of nitrogens with zero attached hydrogens (tertiary/aromatic N) is 1. The van der Waals surface area contributed by atoms with Crippen molar-refractivity contribution in [2.24, 2.45) is 5.92 Å². The molecule has 4 nitrogen and oxygen atoms in total. The summed E-state index contributed by atoms with van der Waals surface area (Å²) in [6, 6.07) is -0.272. The Labute approximate surface area is 115 Å². The second-order valence-corrected chi connectivity index (χ2v) is 5.83. The Morgan fingerprint density at radius 2 is 1.74 bits per heavy atom. The molecule has 108 valence electrons. The average molecular weight is 266 g/mol.